The molecule has 8 heteroatoms. The fraction of sp³-hybridized carbons (Fsp3) is 0.368. The van der Waals surface area contributed by atoms with Crippen LogP contribution in [0.4, 0.5) is 0 Å². The van der Waals surface area contributed by atoms with Crippen molar-refractivity contribution in [3.05, 3.63) is 59.0 Å². The highest BCUT2D eigenvalue weighted by atomic mass is 35.5. The molecule has 1 N–H and O–H groups in total. The highest BCUT2D eigenvalue weighted by Gasteiger charge is 2.21. The summed E-state index contributed by atoms with van der Waals surface area (Å²) >= 11 is 5.92. The van der Waals surface area contributed by atoms with Gasteiger partial charge in [0.2, 0.25) is 5.91 Å². The molecule has 2 aromatic heterocycles. The van der Waals surface area contributed by atoms with Crippen LogP contribution in [0.5, 0.6) is 0 Å². The van der Waals surface area contributed by atoms with Crippen molar-refractivity contribution in [2.45, 2.75) is 31.8 Å². The molecule has 0 aliphatic carbocycles. The summed E-state index contributed by atoms with van der Waals surface area (Å²) in [5.41, 5.74) is 1.90. The van der Waals surface area contributed by atoms with Crippen molar-refractivity contribution >= 4 is 23.2 Å². The molecule has 1 aromatic carbocycles. The number of amides is 1. The molecule has 0 spiro atoms. The molecule has 0 atom stereocenters. The minimum atomic E-state index is -0.0624. The van der Waals surface area contributed by atoms with Crippen LogP contribution in [0.2, 0.25) is 5.15 Å². The number of aromatic nitrogens is 4. The Kier molecular flexibility index (Phi) is 5.31. The van der Waals surface area contributed by atoms with Crippen LogP contribution in [-0.2, 0) is 17.8 Å². The first kappa shape index (κ1) is 17.9. The fourth-order valence-corrected chi connectivity index (χ4v) is 3.56. The SMILES string of the molecule is O=C(Cc1nnc2ccc(Cl)nn12)NC1CCN(Cc2ccccc2)CC1. The van der Waals surface area contributed by atoms with Crippen molar-refractivity contribution in [2.24, 2.45) is 0 Å². The summed E-state index contributed by atoms with van der Waals surface area (Å²) in [4.78, 5) is 14.8. The van der Waals surface area contributed by atoms with Gasteiger partial charge in [0.1, 0.15) is 5.15 Å². The van der Waals surface area contributed by atoms with E-state index < -0.39 is 0 Å². The third-order valence-corrected chi connectivity index (χ3v) is 5.02. The third kappa shape index (κ3) is 4.43. The summed E-state index contributed by atoms with van der Waals surface area (Å²) in [5.74, 6) is 0.430. The highest BCUT2D eigenvalue weighted by molar-refractivity contribution is 6.29. The summed E-state index contributed by atoms with van der Waals surface area (Å²) in [5, 5.41) is 15.7. The van der Waals surface area contributed by atoms with E-state index in [1.807, 2.05) is 6.07 Å². The summed E-state index contributed by atoms with van der Waals surface area (Å²) in [6, 6.07) is 14.0. The second-order valence-electron chi connectivity index (χ2n) is 6.82. The van der Waals surface area contributed by atoms with E-state index in [0.717, 1.165) is 32.5 Å². The molecule has 140 valence electrons. The largest absolute Gasteiger partial charge is 0.353 e. The number of hydrogen-bond donors (Lipinski definition) is 1. The first-order valence-corrected chi connectivity index (χ1v) is 9.47. The average Bonchev–Trinajstić information content (AvgIpc) is 3.06. The zero-order chi connectivity index (χ0) is 18.6. The molecule has 0 saturated carbocycles. The number of fused-ring (bicyclic) bond motifs is 1. The Labute approximate surface area is 162 Å². The predicted molar refractivity (Wildman–Crippen MR) is 102 cm³/mol. The van der Waals surface area contributed by atoms with E-state index in [0.29, 0.717) is 16.6 Å². The molecule has 0 bridgehead atoms. The molecule has 1 amide bonds. The number of halogens is 1. The molecule has 0 radical (unpaired) electrons. The Morgan fingerprint density at radius 3 is 2.67 bits per heavy atom. The van der Waals surface area contributed by atoms with Crippen LogP contribution in [-0.4, -0.2) is 49.7 Å². The number of carbonyl (C=O) groups is 1. The maximum atomic E-state index is 12.4. The first-order valence-electron chi connectivity index (χ1n) is 9.10. The monoisotopic (exact) mass is 384 g/mol. The van der Waals surface area contributed by atoms with Gasteiger partial charge in [-0.1, -0.05) is 41.9 Å². The summed E-state index contributed by atoms with van der Waals surface area (Å²) < 4.78 is 1.52. The van der Waals surface area contributed by atoms with E-state index in [1.54, 1.807) is 12.1 Å². The van der Waals surface area contributed by atoms with E-state index in [-0.39, 0.29) is 18.4 Å². The maximum absolute atomic E-state index is 12.4. The third-order valence-electron chi connectivity index (χ3n) is 4.82. The minimum Gasteiger partial charge on any atom is -0.353 e. The van der Waals surface area contributed by atoms with Gasteiger partial charge in [-0.2, -0.15) is 9.61 Å². The molecular weight excluding hydrogens is 364 g/mol. The van der Waals surface area contributed by atoms with Gasteiger partial charge in [-0.05, 0) is 30.5 Å². The molecule has 1 fully saturated rings. The number of likely N-dealkylation sites (tertiary alicyclic amines) is 1. The molecule has 0 unspecified atom stereocenters. The van der Waals surface area contributed by atoms with Gasteiger partial charge < -0.3 is 5.32 Å². The van der Waals surface area contributed by atoms with Crippen molar-refractivity contribution in [3.63, 3.8) is 0 Å². The van der Waals surface area contributed by atoms with Gasteiger partial charge in [-0.25, -0.2) is 0 Å². The van der Waals surface area contributed by atoms with E-state index in [1.165, 1.54) is 10.1 Å². The standard InChI is InChI=1S/C19H21ClN6O/c20-16-6-7-17-22-23-18(26(17)24-16)12-19(27)21-15-8-10-25(11-9-15)13-14-4-2-1-3-5-14/h1-7,15H,8-13H2,(H,21,27). The van der Waals surface area contributed by atoms with Gasteiger partial charge in [0, 0.05) is 25.7 Å². The van der Waals surface area contributed by atoms with Crippen molar-refractivity contribution < 1.29 is 4.79 Å². The molecule has 1 saturated heterocycles. The lowest BCUT2D eigenvalue weighted by molar-refractivity contribution is -0.121. The van der Waals surface area contributed by atoms with Crippen molar-refractivity contribution in [2.75, 3.05) is 13.1 Å². The number of rotatable bonds is 5. The topological polar surface area (TPSA) is 75.4 Å². The van der Waals surface area contributed by atoms with Crippen molar-refractivity contribution in [3.8, 4) is 0 Å². The average molecular weight is 385 g/mol. The van der Waals surface area contributed by atoms with Gasteiger partial charge in [0.15, 0.2) is 11.5 Å². The number of nitrogens with zero attached hydrogens (tertiary/aromatic N) is 5. The lowest BCUT2D eigenvalue weighted by Crippen LogP contribution is -2.44. The quantitative estimate of drug-likeness (QED) is 0.729. The van der Waals surface area contributed by atoms with Crippen LogP contribution in [0.3, 0.4) is 0 Å². The fourth-order valence-electron chi connectivity index (χ4n) is 3.42. The Morgan fingerprint density at radius 2 is 1.89 bits per heavy atom. The van der Waals surface area contributed by atoms with E-state index in [2.05, 4.69) is 49.8 Å². The molecular formula is C19H21ClN6O. The smallest absolute Gasteiger partial charge is 0.227 e. The van der Waals surface area contributed by atoms with E-state index in [4.69, 9.17) is 11.6 Å². The van der Waals surface area contributed by atoms with Crippen LogP contribution >= 0.6 is 11.6 Å². The van der Waals surface area contributed by atoms with Crippen LogP contribution in [0.25, 0.3) is 5.65 Å². The van der Waals surface area contributed by atoms with Crippen LogP contribution in [0.1, 0.15) is 24.2 Å². The Bertz CT molecular complexity index is 920. The number of hydrogen-bond acceptors (Lipinski definition) is 5. The van der Waals surface area contributed by atoms with E-state index >= 15 is 0 Å². The summed E-state index contributed by atoms with van der Waals surface area (Å²) in [6.45, 7) is 2.91. The van der Waals surface area contributed by atoms with Crippen LogP contribution in [0, 0.1) is 0 Å². The molecule has 3 heterocycles. The van der Waals surface area contributed by atoms with Crippen LogP contribution < -0.4 is 5.32 Å². The second-order valence-corrected chi connectivity index (χ2v) is 7.21. The normalized spacial score (nSPS) is 15.9. The van der Waals surface area contributed by atoms with Gasteiger partial charge >= 0.3 is 0 Å². The van der Waals surface area contributed by atoms with Crippen molar-refractivity contribution in [1.29, 1.82) is 0 Å². The van der Waals surface area contributed by atoms with Gasteiger partial charge in [-0.3, -0.25) is 9.69 Å². The number of carbonyl (C=O) groups excluding carboxylic acids is 1. The van der Waals surface area contributed by atoms with Crippen molar-refractivity contribution in [1.82, 2.24) is 30.0 Å². The summed E-state index contributed by atoms with van der Waals surface area (Å²) in [6.07, 6.45) is 2.03. The lowest BCUT2D eigenvalue weighted by atomic mass is 10.0. The highest BCUT2D eigenvalue weighted by Crippen LogP contribution is 2.14. The molecule has 1 aliphatic rings. The second kappa shape index (κ2) is 8.02. The Balaban J connectivity index is 1.28. The first-order chi connectivity index (χ1) is 13.2. The van der Waals surface area contributed by atoms with Gasteiger partial charge in [-0.15, -0.1) is 10.2 Å². The molecule has 27 heavy (non-hydrogen) atoms. The molecule has 7 nitrogen and oxygen atoms in total. The Morgan fingerprint density at radius 1 is 1.11 bits per heavy atom. The maximum Gasteiger partial charge on any atom is 0.227 e. The molecule has 3 aromatic rings. The number of benzene rings is 1. The van der Waals surface area contributed by atoms with Crippen LogP contribution in [0.15, 0.2) is 42.5 Å². The number of piperidine rings is 1. The summed E-state index contributed by atoms with van der Waals surface area (Å²) in [7, 11) is 0. The zero-order valence-electron chi connectivity index (χ0n) is 14.9. The van der Waals surface area contributed by atoms with Gasteiger partial charge in [0.05, 0.1) is 6.42 Å². The molecule has 1 aliphatic heterocycles. The predicted octanol–water partition coefficient (Wildman–Crippen LogP) is 2.10. The number of nitrogens with one attached hydrogen (secondary N) is 1. The lowest BCUT2D eigenvalue weighted by Gasteiger charge is -2.32. The Hall–Kier alpha value is -2.51. The van der Waals surface area contributed by atoms with Gasteiger partial charge in [0.25, 0.3) is 0 Å². The van der Waals surface area contributed by atoms with E-state index in [9.17, 15) is 4.79 Å². The minimum absolute atomic E-state index is 0.0624. The zero-order valence-corrected chi connectivity index (χ0v) is 15.6. The molecule has 4 rings (SSSR count).